The summed E-state index contributed by atoms with van der Waals surface area (Å²) in [7, 11) is -3.37. The molecule has 0 aromatic heterocycles. The van der Waals surface area contributed by atoms with Crippen LogP contribution in [0.4, 0.5) is 10.1 Å². The third-order valence-corrected chi connectivity index (χ3v) is 4.81. The van der Waals surface area contributed by atoms with E-state index in [-0.39, 0.29) is 0 Å². The van der Waals surface area contributed by atoms with Gasteiger partial charge in [0.1, 0.15) is 5.82 Å². The topological polar surface area (TPSA) is 37.4 Å². The van der Waals surface area contributed by atoms with Crippen molar-refractivity contribution in [3.05, 3.63) is 30.1 Å². The highest BCUT2D eigenvalue weighted by Gasteiger charge is 2.23. The van der Waals surface area contributed by atoms with E-state index >= 15 is 0 Å². The van der Waals surface area contributed by atoms with Crippen LogP contribution in [0, 0.1) is 11.7 Å². The Morgan fingerprint density at radius 3 is 2.53 bits per heavy atom. The van der Waals surface area contributed by atoms with Gasteiger partial charge in [0, 0.05) is 6.54 Å². The largest absolute Gasteiger partial charge is 0.270 e. The first-order valence-electron chi connectivity index (χ1n) is 6.70. The van der Waals surface area contributed by atoms with E-state index in [1.54, 1.807) is 12.1 Å². The van der Waals surface area contributed by atoms with Gasteiger partial charge in [-0.3, -0.25) is 4.31 Å². The second kappa shape index (κ2) is 5.90. The molecule has 0 heterocycles. The molecule has 3 nitrogen and oxygen atoms in total. The molecule has 1 fully saturated rings. The quantitative estimate of drug-likeness (QED) is 0.852. The second-order valence-corrected chi connectivity index (χ2v) is 7.18. The van der Waals surface area contributed by atoms with Gasteiger partial charge in [-0.25, -0.2) is 12.8 Å². The molecule has 1 saturated carbocycles. The summed E-state index contributed by atoms with van der Waals surface area (Å²) in [5.74, 6) is -0.0264. The first kappa shape index (κ1) is 14.3. The van der Waals surface area contributed by atoms with Gasteiger partial charge in [0.25, 0.3) is 0 Å². The molecule has 0 spiro atoms. The van der Waals surface area contributed by atoms with Gasteiger partial charge in [-0.05, 0) is 37.0 Å². The van der Waals surface area contributed by atoms with Crippen LogP contribution < -0.4 is 4.31 Å². The predicted octanol–water partition coefficient (Wildman–Crippen LogP) is 3.17. The number of hydrogen-bond donors (Lipinski definition) is 0. The number of sulfonamides is 1. The van der Waals surface area contributed by atoms with E-state index < -0.39 is 15.8 Å². The highest BCUT2D eigenvalue weighted by atomic mass is 32.2. The van der Waals surface area contributed by atoms with Crippen molar-refractivity contribution in [2.45, 2.75) is 32.1 Å². The van der Waals surface area contributed by atoms with E-state index in [4.69, 9.17) is 0 Å². The maximum Gasteiger partial charge on any atom is 0.232 e. The molecule has 1 aromatic carbocycles. The van der Waals surface area contributed by atoms with E-state index in [2.05, 4.69) is 0 Å². The summed E-state index contributed by atoms with van der Waals surface area (Å²) in [6, 6.07) is 5.80. The van der Waals surface area contributed by atoms with Crippen molar-refractivity contribution in [1.29, 1.82) is 0 Å². The van der Waals surface area contributed by atoms with Crippen LogP contribution in [0.15, 0.2) is 24.3 Å². The Labute approximate surface area is 114 Å². The van der Waals surface area contributed by atoms with Gasteiger partial charge in [0.2, 0.25) is 10.0 Å². The molecule has 0 N–H and O–H groups in total. The maximum absolute atomic E-state index is 13.3. The van der Waals surface area contributed by atoms with E-state index in [1.165, 1.54) is 29.1 Å². The van der Waals surface area contributed by atoms with Crippen LogP contribution in [0.2, 0.25) is 0 Å². The molecular weight excluding hydrogens is 265 g/mol. The Morgan fingerprint density at radius 1 is 1.26 bits per heavy atom. The highest BCUT2D eigenvalue weighted by Crippen LogP contribution is 2.28. The molecule has 0 unspecified atom stereocenters. The average Bonchev–Trinajstić information content (AvgIpc) is 2.36. The molecule has 0 radical (unpaired) electrons. The lowest BCUT2D eigenvalue weighted by atomic mass is 9.89. The van der Waals surface area contributed by atoms with Gasteiger partial charge in [0.15, 0.2) is 0 Å². The second-order valence-electron chi connectivity index (χ2n) is 5.28. The summed E-state index contributed by atoms with van der Waals surface area (Å²) in [6.07, 6.45) is 6.84. The Kier molecular flexibility index (Phi) is 4.45. The van der Waals surface area contributed by atoms with Crippen LogP contribution in [0.3, 0.4) is 0 Å². The fourth-order valence-electron chi connectivity index (χ4n) is 2.67. The fourth-order valence-corrected chi connectivity index (χ4v) is 3.65. The molecule has 106 valence electrons. The Hall–Kier alpha value is -1.10. The Morgan fingerprint density at radius 2 is 1.95 bits per heavy atom. The van der Waals surface area contributed by atoms with Crippen molar-refractivity contribution in [3.63, 3.8) is 0 Å². The van der Waals surface area contributed by atoms with Gasteiger partial charge < -0.3 is 0 Å². The molecule has 0 aliphatic heterocycles. The van der Waals surface area contributed by atoms with Crippen molar-refractivity contribution in [1.82, 2.24) is 0 Å². The molecule has 19 heavy (non-hydrogen) atoms. The van der Waals surface area contributed by atoms with Crippen molar-refractivity contribution in [3.8, 4) is 0 Å². The van der Waals surface area contributed by atoms with Gasteiger partial charge in [-0.15, -0.1) is 0 Å². The predicted molar refractivity (Wildman–Crippen MR) is 75.2 cm³/mol. The van der Waals surface area contributed by atoms with Crippen molar-refractivity contribution < 1.29 is 12.8 Å². The summed E-state index contributed by atoms with van der Waals surface area (Å²) in [5, 5.41) is 0. The number of hydrogen-bond acceptors (Lipinski definition) is 2. The van der Waals surface area contributed by atoms with Crippen LogP contribution in [0.1, 0.15) is 32.1 Å². The summed E-state index contributed by atoms with van der Waals surface area (Å²) < 4.78 is 38.5. The number of nitrogens with zero attached hydrogens (tertiary/aromatic N) is 1. The summed E-state index contributed by atoms with van der Waals surface area (Å²) in [6.45, 7) is 0.461. The summed E-state index contributed by atoms with van der Waals surface area (Å²) in [5.41, 5.74) is 0.424. The highest BCUT2D eigenvalue weighted by molar-refractivity contribution is 7.92. The first-order valence-corrected chi connectivity index (χ1v) is 8.55. The van der Waals surface area contributed by atoms with Gasteiger partial charge in [0.05, 0.1) is 11.9 Å². The van der Waals surface area contributed by atoms with Gasteiger partial charge in [-0.1, -0.05) is 25.3 Å². The number of anilines is 1. The van der Waals surface area contributed by atoms with E-state index in [0.29, 0.717) is 18.2 Å². The minimum absolute atomic E-state index is 0.381. The van der Waals surface area contributed by atoms with Crippen molar-refractivity contribution in [2.24, 2.45) is 5.92 Å². The molecule has 1 aromatic rings. The van der Waals surface area contributed by atoms with Gasteiger partial charge in [-0.2, -0.15) is 0 Å². The first-order chi connectivity index (χ1) is 8.97. The van der Waals surface area contributed by atoms with Crippen LogP contribution in [0.5, 0.6) is 0 Å². The molecule has 0 saturated heterocycles. The summed E-state index contributed by atoms with van der Waals surface area (Å²) >= 11 is 0. The van der Waals surface area contributed by atoms with E-state index in [9.17, 15) is 12.8 Å². The smallest absolute Gasteiger partial charge is 0.232 e. The minimum atomic E-state index is -3.37. The normalized spacial score (nSPS) is 17.4. The van der Waals surface area contributed by atoms with Crippen molar-refractivity contribution >= 4 is 15.7 Å². The molecule has 5 heteroatoms. The zero-order valence-electron chi connectivity index (χ0n) is 11.2. The average molecular weight is 285 g/mol. The summed E-state index contributed by atoms with van der Waals surface area (Å²) in [4.78, 5) is 0. The zero-order valence-corrected chi connectivity index (χ0v) is 12.0. The minimum Gasteiger partial charge on any atom is -0.270 e. The van der Waals surface area contributed by atoms with E-state index in [1.807, 2.05) is 0 Å². The molecule has 0 atom stereocenters. The standard InChI is InChI=1S/C14H20FNO2S/c1-19(17,18)16(11-12-6-3-2-4-7-12)14-9-5-8-13(15)10-14/h5,8-10,12H,2-4,6-7,11H2,1H3. The molecular formula is C14H20FNO2S. The van der Waals surface area contributed by atoms with Gasteiger partial charge >= 0.3 is 0 Å². The molecule has 0 bridgehead atoms. The number of benzene rings is 1. The number of rotatable bonds is 4. The van der Waals surface area contributed by atoms with E-state index in [0.717, 1.165) is 25.7 Å². The third kappa shape index (κ3) is 3.93. The number of halogens is 1. The zero-order chi connectivity index (χ0) is 13.9. The van der Waals surface area contributed by atoms with Crippen molar-refractivity contribution in [2.75, 3.05) is 17.1 Å². The van der Waals surface area contributed by atoms with Crippen LogP contribution in [-0.2, 0) is 10.0 Å². The Bertz CT molecular complexity index is 524. The molecule has 1 aliphatic carbocycles. The van der Waals surface area contributed by atoms with Crippen LogP contribution in [-0.4, -0.2) is 21.2 Å². The van der Waals surface area contributed by atoms with Crippen LogP contribution in [0.25, 0.3) is 0 Å². The molecule has 2 rings (SSSR count). The molecule has 1 aliphatic rings. The van der Waals surface area contributed by atoms with Crippen LogP contribution >= 0.6 is 0 Å². The fraction of sp³-hybridized carbons (Fsp3) is 0.571. The SMILES string of the molecule is CS(=O)(=O)N(CC1CCCCC1)c1cccc(F)c1. The molecule has 0 amide bonds. The monoisotopic (exact) mass is 285 g/mol. The third-order valence-electron chi connectivity index (χ3n) is 3.65. The lowest BCUT2D eigenvalue weighted by molar-refractivity contribution is 0.366. The Balaban J connectivity index is 2.21. The lowest BCUT2D eigenvalue weighted by Gasteiger charge is -2.29. The lowest BCUT2D eigenvalue weighted by Crippen LogP contribution is -2.35. The maximum atomic E-state index is 13.3.